The second-order valence-corrected chi connectivity index (χ2v) is 9.69. The molecule has 3 aromatic rings. The van der Waals surface area contributed by atoms with Crippen LogP contribution in [0.4, 0.5) is 0 Å². The molecule has 0 saturated carbocycles. The normalized spacial score (nSPS) is 14.6. The Labute approximate surface area is 166 Å². The summed E-state index contributed by atoms with van der Waals surface area (Å²) in [6.45, 7) is 6.89. The first kappa shape index (κ1) is 19.1. The first-order valence-electron chi connectivity index (χ1n) is 9.17. The zero-order valence-corrected chi connectivity index (χ0v) is 17.3. The van der Waals surface area contributed by atoms with Gasteiger partial charge in [-0.25, -0.2) is 0 Å². The Kier molecular flexibility index (Phi) is 6.50. The van der Waals surface area contributed by atoms with Crippen molar-refractivity contribution in [3.8, 4) is 0 Å². The van der Waals surface area contributed by atoms with Crippen LogP contribution in [-0.4, -0.2) is 0 Å². The SMILES string of the molecule is CCC(C)(Sc1ccc(C(C)Sc2ccccc2)cc1)c1ccccc1. The third-order valence-electron chi connectivity index (χ3n) is 4.81. The fourth-order valence-corrected chi connectivity index (χ4v) is 5.17. The minimum Gasteiger partial charge on any atom is -0.118 e. The lowest BCUT2D eigenvalue weighted by atomic mass is 9.98. The minimum atomic E-state index is 0.104. The van der Waals surface area contributed by atoms with Crippen molar-refractivity contribution in [1.82, 2.24) is 0 Å². The predicted octanol–water partition coefficient (Wildman–Crippen LogP) is 7.96. The molecule has 0 amide bonds. The Bertz CT molecular complexity index is 797. The standard InChI is InChI=1S/C24H26S2/c1-4-24(3,21-11-7-5-8-12-21)26-23-17-15-20(16-18-23)19(2)25-22-13-9-6-10-14-22/h5-19H,4H2,1-3H3. The number of hydrogen-bond acceptors (Lipinski definition) is 2. The summed E-state index contributed by atoms with van der Waals surface area (Å²) in [5.74, 6) is 0. The molecule has 3 rings (SSSR count). The molecule has 0 aliphatic carbocycles. The van der Waals surface area contributed by atoms with Gasteiger partial charge in [-0.3, -0.25) is 0 Å². The molecule has 0 aliphatic heterocycles. The van der Waals surface area contributed by atoms with Crippen molar-refractivity contribution in [2.75, 3.05) is 0 Å². The van der Waals surface area contributed by atoms with Crippen molar-refractivity contribution in [3.05, 3.63) is 96.1 Å². The highest BCUT2D eigenvalue weighted by Gasteiger charge is 2.25. The van der Waals surface area contributed by atoms with E-state index < -0.39 is 0 Å². The van der Waals surface area contributed by atoms with Gasteiger partial charge in [0.05, 0.1) is 0 Å². The highest BCUT2D eigenvalue weighted by atomic mass is 32.2. The average molecular weight is 379 g/mol. The fraction of sp³-hybridized carbons (Fsp3) is 0.250. The summed E-state index contributed by atoms with van der Waals surface area (Å²) in [5, 5.41) is 0.447. The van der Waals surface area contributed by atoms with Crippen LogP contribution in [0.5, 0.6) is 0 Å². The Morgan fingerprint density at radius 2 is 1.35 bits per heavy atom. The number of benzene rings is 3. The number of thioether (sulfide) groups is 2. The van der Waals surface area contributed by atoms with Gasteiger partial charge in [-0.05, 0) is 55.7 Å². The molecule has 2 atom stereocenters. The van der Waals surface area contributed by atoms with Crippen molar-refractivity contribution in [1.29, 1.82) is 0 Å². The van der Waals surface area contributed by atoms with E-state index in [0.29, 0.717) is 5.25 Å². The van der Waals surface area contributed by atoms with E-state index in [9.17, 15) is 0 Å². The number of hydrogen-bond donors (Lipinski definition) is 0. The molecular weight excluding hydrogens is 352 g/mol. The first-order chi connectivity index (χ1) is 12.6. The summed E-state index contributed by atoms with van der Waals surface area (Å²) < 4.78 is 0.104. The van der Waals surface area contributed by atoms with E-state index in [4.69, 9.17) is 0 Å². The van der Waals surface area contributed by atoms with E-state index in [1.807, 2.05) is 23.5 Å². The molecule has 0 aliphatic rings. The molecule has 0 N–H and O–H groups in total. The van der Waals surface area contributed by atoms with Crippen LogP contribution in [0.1, 0.15) is 43.6 Å². The molecule has 0 nitrogen and oxygen atoms in total. The smallest absolute Gasteiger partial charge is 0.0424 e. The summed E-state index contributed by atoms with van der Waals surface area (Å²) in [6.07, 6.45) is 1.10. The van der Waals surface area contributed by atoms with Crippen molar-refractivity contribution in [2.24, 2.45) is 0 Å². The van der Waals surface area contributed by atoms with Crippen molar-refractivity contribution in [2.45, 2.75) is 47.0 Å². The Morgan fingerprint density at radius 1 is 0.769 bits per heavy atom. The van der Waals surface area contributed by atoms with E-state index in [1.54, 1.807) is 0 Å². The van der Waals surface area contributed by atoms with Gasteiger partial charge in [0.2, 0.25) is 0 Å². The van der Waals surface area contributed by atoms with Gasteiger partial charge in [-0.15, -0.1) is 23.5 Å². The summed E-state index contributed by atoms with van der Waals surface area (Å²) in [6, 6.07) is 30.6. The molecular formula is C24H26S2. The second-order valence-electron chi connectivity index (χ2n) is 6.69. The molecule has 0 heterocycles. The lowest BCUT2D eigenvalue weighted by Gasteiger charge is -2.28. The molecule has 0 fully saturated rings. The van der Waals surface area contributed by atoms with E-state index in [2.05, 4.69) is 106 Å². The highest BCUT2D eigenvalue weighted by molar-refractivity contribution is 8.00. The topological polar surface area (TPSA) is 0 Å². The van der Waals surface area contributed by atoms with Crippen molar-refractivity contribution < 1.29 is 0 Å². The molecule has 0 spiro atoms. The largest absolute Gasteiger partial charge is 0.118 e. The van der Waals surface area contributed by atoms with Crippen LogP contribution in [0.25, 0.3) is 0 Å². The van der Waals surface area contributed by atoms with Gasteiger partial charge in [-0.2, -0.15) is 0 Å². The van der Waals surface area contributed by atoms with Gasteiger partial charge >= 0.3 is 0 Å². The highest BCUT2D eigenvalue weighted by Crippen LogP contribution is 2.44. The number of rotatable bonds is 7. The van der Waals surface area contributed by atoms with Crippen LogP contribution >= 0.6 is 23.5 Å². The average Bonchev–Trinajstić information content (AvgIpc) is 2.70. The summed E-state index contributed by atoms with van der Waals surface area (Å²) >= 11 is 3.87. The van der Waals surface area contributed by atoms with E-state index >= 15 is 0 Å². The third-order valence-corrected chi connectivity index (χ3v) is 7.46. The van der Waals surface area contributed by atoms with Crippen molar-refractivity contribution in [3.63, 3.8) is 0 Å². The van der Waals surface area contributed by atoms with Gasteiger partial charge in [-0.1, -0.05) is 67.6 Å². The van der Waals surface area contributed by atoms with Crippen LogP contribution in [0.15, 0.2) is 94.7 Å². The molecule has 2 heteroatoms. The lowest BCUT2D eigenvalue weighted by Crippen LogP contribution is -2.15. The fourth-order valence-electron chi connectivity index (χ4n) is 2.96. The van der Waals surface area contributed by atoms with Gasteiger partial charge in [0, 0.05) is 19.8 Å². The van der Waals surface area contributed by atoms with Crippen LogP contribution in [0, 0.1) is 0 Å². The first-order valence-corrected chi connectivity index (χ1v) is 10.9. The summed E-state index contributed by atoms with van der Waals surface area (Å²) in [5.41, 5.74) is 2.77. The van der Waals surface area contributed by atoms with Gasteiger partial charge in [0.25, 0.3) is 0 Å². The molecule has 0 saturated heterocycles. The lowest BCUT2D eigenvalue weighted by molar-refractivity contribution is 0.664. The Morgan fingerprint density at radius 3 is 1.92 bits per heavy atom. The Hall–Kier alpha value is -1.64. The van der Waals surface area contributed by atoms with Crippen LogP contribution in [-0.2, 0) is 4.75 Å². The summed E-state index contributed by atoms with van der Waals surface area (Å²) in [4.78, 5) is 2.65. The van der Waals surface area contributed by atoms with Gasteiger partial charge in [0.15, 0.2) is 0 Å². The quantitative estimate of drug-likeness (QED) is 0.382. The molecule has 2 unspecified atom stereocenters. The maximum absolute atomic E-state index is 2.34. The van der Waals surface area contributed by atoms with Crippen molar-refractivity contribution >= 4 is 23.5 Å². The van der Waals surface area contributed by atoms with Gasteiger partial charge < -0.3 is 0 Å². The minimum absolute atomic E-state index is 0.104. The zero-order chi connectivity index (χ0) is 18.4. The van der Waals surface area contributed by atoms with E-state index in [0.717, 1.165) is 6.42 Å². The monoisotopic (exact) mass is 378 g/mol. The predicted molar refractivity (Wildman–Crippen MR) is 117 cm³/mol. The molecule has 3 aromatic carbocycles. The van der Waals surface area contributed by atoms with E-state index in [1.165, 1.54) is 20.9 Å². The molecule has 134 valence electrons. The van der Waals surface area contributed by atoms with Crippen LogP contribution in [0.3, 0.4) is 0 Å². The van der Waals surface area contributed by atoms with Crippen LogP contribution in [0.2, 0.25) is 0 Å². The molecule has 0 aromatic heterocycles. The maximum Gasteiger partial charge on any atom is 0.0424 e. The second kappa shape index (κ2) is 8.83. The molecule has 0 radical (unpaired) electrons. The molecule has 26 heavy (non-hydrogen) atoms. The maximum atomic E-state index is 2.34. The van der Waals surface area contributed by atoms with E-state index in [-0.39, 0.29) is 4.75 Å². The third kappa shape index (κ3) is 4.75. The zero-order valence-electron chi connectivity index (χ0n) is 15.7. The van der Waals surface area contributed by atoms with Crippen LogP contribution < -0.4 is 0 Å². The Balaban J connectivity index is 1.71. The van der Waals surface area contributed by atoms with Gasteiger partial charge in [0.1, 0.15) is 0 Å². The summed E-state index contributed by atoms with van der Waals surface area (Å²) in [7, 11) is 0. The molecule has 0 bridgehead atoms.